The average Bonchev–Trinajstić information content (AvgIpc) is 3.07. The molecule has 1 aliphatic heterocycles. The highest BCUT2D eigenvalue weighted by molar-refractivity contribution is 14.0. The van der Waals surface area contributed by atoms with E-state index in [4.69, 9.17) is 4.74 Å². The Balaban J connectivity index is 0.00000338. The second-order valence-corrected chi connectivity index (χ2v) is 6.58. The van der Waals surface area contributed by atoms with E-state index in [1.54, 1.807) is 7.05 Å². The van der Waals surface area contributed by atoms with Gasteiger partial charge in [0.05, 0.1) is 19.8 Å². The van der Waals surface area contributed by atoms with Gasteiger partial charge in [-0.2, -0.15) is 13.2 Å². The standard InChI is InChI=1S/C15H24F3N5OS.HI/c1-19-14(20-4-2-3-5-23-6-8-24-9-7-23)21-10-13-22-12(11-25-13)15(16,17)18;/h11H,2-10H2,1H3,(H2,19,20,21);1H. The first-order valence-corrected chi connectivity index (χ1v) is 9.13. The normalized spacial score (nSPS) is 16.2. The number of halogens is 4. The van der Waals surface area contributed by atoms with Gasteiger partial charge in [-0.3, -0.25) is 9.89 Å². The number of nitrogens with zero attached hydrogens (tertiary/aromatic N) is 3. The number of morpholine rings is 1. The van der Waals surface area contributed by atoms with Crippen molar-refractivity contribution in [3.05, 3.63) is 16.1 Å². The third-order valence-corrected chi connectivity index (χ3v) is 4.62. The smallest absolute Gasteiger partial charge is 0.379 e. The number of hydrogen-bond donors (Lipinski definition) is 2. The van der Waals surface area contributed by atoms with E-state index >= 15 is 0 Å². The Hall–Kier alpha value is -0.660. The topological polar surface area (TPSA) is 61.8 Å². The third kappa shape index (κ3) is 8.35. The van der Waals surface area contributed by atoms with Crippen LogP contribution in [0.15, 0.2) is 10.4 Å². The van der Waals surface area contributed by atoms with Crippen LogP contribution in [0, 0.1) is 0 Å². The van der Waals surface area contributed by atoms with E-state index < -0.39 is 11.9 Å². The molecule has 0 atom stereocenters. The van der Waals surface area contributed by atoms with Gasteiger partial charge in [-0.25, -0.2) is 4.98 Å². The van der Waals surface area contributed by atoms with Gasteiger partial charge >= 0.3 is 6.18 Å². The lowest BCUT2D eigenvalue weighted by molar-refractivity contribution is -0.140. The highest BCUT2D eigenvalue weighted by Crippen LogP contribution is 2.29. The molecule has 150 valence electrons. The fourth-order valence-electron chi connectivity index (χ4n) is 2.39. The molecule has 2 rings (SSSR count). The van der Waals surface area contributed by atoms with Crippen LogP contribution in [-0.2, 0) is 17.5 Å². The minimum Gasteiger partial charge on any atom is -0.379 e. The molecule has 0 aromatic carbocycles. The molecular weight excluding hydrogens is 482 g/mol. The van der Waals surface area contributed by atoms with Crippen LogP contribution in [0.2, 0.25) is 0 Å². The average molecular weight is 507 g/mol. The van der Waals surface area contributed by atoms with Crippen LogP contribution in [0.1, 0.15) is 23.5 Å². The van der Waals surface area contributed by atoms with Crippen LogP contribution >= 0.6 is 35.3 Å². The summed E-state index contributed by atoms with van der Waals surface area (Å²) in [4.78, 5) is 10.0. The first-order chi connectivity index (χ1) is 12.0. The summed E-state index contributed by atoms with van der Waals surface area (Å²) >= 11 is 0.985. The predicted molar refractivity (Wildman–Crippen MR) is 107 cm³/mol. The molecular formula is C15H25F3IN5OS. The second-order valence-electron chi connectivity index (χ2n) is 5.64. The summed E-state index contributed by atoms with van der Waals surface area (Å²) < 4.78 is 42.9. The van der Waals surface area contributed by atoms with Gasteiger partial charge < -0.3 is 15.4 Å². The zero-order valence-corrected chi connectivity index (χ0v) is 17.8. The summed E-state index contributed by atoms with van der Waals surface area (Å²) in [6.07, 6.45) is -2.33. The van der Waals surface area contributed by atoms with E-state index in [-0.39, 0.29) is 30.5 Å². The van der Waals surface area contributed by atoms with Crippen LogP contribution < -0.4 is 10.6 Å². The van der Waals surface area contributed by atoms with Crippen molar-refractivity contribution in [2.24, 2.45) is 4.99 Å². The Kier molecular flexibility index (Phi) is 10.7. The quantitative estimate of drug-likeness (QED) is 0.257. The zero-order valence-electron chi connectivity index (χ0n) is 14.6. The fraction of sp³-hybridized carbons (Fsp3) is 0.733. The maximum atomic E-state index is 12.5. The van der Waals surface area contributed by atoms with Crippen molar-refractivity contribution in [3.8, 4) is 0 Å². The Morgan fingerprint density at radius 2 is 2.04 bits per heavy atom. The molecule has 0 radical (unpaired) electrons. The monoisotopic (exact) mass is 507 g/mol. The van der Waals surface area contributed by atoms with Gasteiger partial charge in [-0.1, -0.05) is 0 Å². The fourth-order valence-corrected chi connectivity index (χ4v) is 3.13. The Labute approximate surface area is 172 Å². The lowest BCUT2D eigenvalue weighted by Crippen LogP contribution is -2.38. The van der Waals surface area contributed by atoms with Crippen molar-refractivity contribution in [1.82, 2.24) is 20.5 Å². The summed E-state index contributed by atoms with van der Waals surface area (Å²) in [5.41, 5.74) is -0.847. The predicted octanol–water partition coefficient (Wildman–Crippen LogP) is 2.56. The van der Waals surface area contributed by atoms with E-state index in [0.717, 1.165) is 69.0 Å². The van der Waals surface area contributed by atoms with E-state index in [9.17, 15) is 13.2 Å². The van der Waals surface area contributed by atoms with Crippen LogP contribution in [0.5, 0.6) is 0 Å². The van der Waals surface area contributed by atoms with Crippen molar-refractivity contribution >= 4 is 41.3 Å². The van der Waals surface area contributed by atoms with E-state index in [1.807, 2.05) is 0 Å². The number of unbranched alkanes of at least 4 members (excludes halogenated alkanes) is 1. The highest BCUT2D eigenvalue weighted by Gasteiger charge is 2.33. The second kappa shape index (κ2) is 11.9. The van der Waals surface area contributed by atoms with Gasteiger partial charge in [0, 0.05) is 32.1 Å². The SMILES string of the molecule is CN=C(NCCCCN1CCOCC1)NCc1nc(C(F)(F)F)cs1.I. The lowest BCUT2D eigenvalue weighted by atomic mass is 10.3. The van der Waals surface area contributed by atoms with Gasteiger partial charge in [-0.15, -0.1) is 35.3 Å². The zero-order chi connectivity index (χ0) is 18.1. The van der Waals surface area contributed by atoms with Gasteiger partial charge in [0.1, 0.15) is 5.01 Å². The Bertz CT molecular complexity index is 550. The first-order valence-electron chi connectivity index (χ1n) is 8.25. The molecule has 2 N–H and O–H groups in total. The molecule has 0 amide bonds. The van der Waals surface area contributed by atoms with Gasteiger partial charge in [-0.05, 0) is 19.4 Å². The minimum atomic E-state index is -4.39. The number of hydrogen-bond acceptors (Lipinski definition) is 5. The number of rotatable bonds is 7. The minimum absolute atomic E-state index is 0. The summed E-state index contributed by atoms with van der Waals surface area (Å²) in [6, 6.07) is 0. The molecule has 0 unspecified atom stereocenters. The van der Waals surface area contributed by atoms with Crippen LogP contribution in [0.4, 0.5) is 13.2 Å². The maximum absolute atomic E-state index is 12.5. The lowest BCUT2D eigenvalue weighted by Gasteiger charge is -2.26. The Morgan fingerprint density at radius 1 is 1.31 bits per heavy atom. The molecule has 1 aliphatic rings. The molecule has 11 heteroatoms. The summed E-state index contributed by atoms with van der Waals surface area (Å²) in [6.45, 7) is 5.62. The highest BCUT2D eigenvalue weighted by atomic mass is 127. The summed E-state index contributed by atoms with van der Waals surface area (Å²) in [7, 11) is 1.63. The number of aliphatic imine (C=N–C) groups is 1. The number of nitrogens with one attached hydrogen (secondary N) is 2. The molecule has 0 saturated carbocycles. The van der Waals surface area contributed by atoms with E-state index in [1.165, 1.54) is 0 Å². The number of guanidine groups is 1. The molecule has 1 fully saturated rings. The van der Waals surface area contributed by atoms with Gasteiger partial charge in [0.2, 0.25) is 0 Å². The van der Waals surface area contributed by atoms with Crippen molar-refractivity contribution in [2.45, 2.75) is 25.6 Å². The number of thiazole rings is 1. The summed E-state index contributed by atoms with van der Waals surface area (Å²) in [5.74, 6) is 0.565. The number of ether oxygens (including phenoxy) is 1. The molecule has 2 heterocycles. The van der Waals surface area contributed by atoms with Gasteiger partial charge in [0.15, 0.2) is 11.7 Å². The Morgan fingerprint density at radius 3 is 2.65 bits per heavy atom. The van der Waals surface area contributed by atoms with E-state index in [2.05, 4.69) is 25.5 Å². The van der Waals surface area contributed by atoms with E-state index in [0.29, 0.717) is 11.0 Å². The third-order valence-electron chi connectivity index (χ3n) is 3.77. The van der Waals surface area contributed by atoms with Crippen LogP contribution in [0.25, 0.3) is 0 Å². The molecule has 0 bridgehead atoms. The number of aromatic nitrogens is 1. The van der Waals surface area contributed by atoms with Crippen LogP contribution in [0.3, 0.4) is 0 Å². The van der Waals surface area contributed by atoms with Crippen LogP contribution in [-0.4, -0.2) is 62.3 Å². The summed E-state index contributed by atoms with van der Waals surface area (Å²) in [5, 5.41) is 7.55. The molecule has 1 aromatic rings. The molecule has 0 aliphatic carbocycles. The molecule has 26 heavy (non-hydrogen) atoms. The molecule has 6 nitrogen and oxygen atoms in total. The van der Waals surface area contributed by atoms with Crippen molar-refractivity contribution in [1.29, 1.82) is 0 Å². The van der Waals surface area contributed by atoms with Crippen molar-refractivity contribution in [2.75, 3.05) is 46.4 Å². The molecule has 1 aromatic heterocycles. The van der Waals surface area contributed by atoms with Crippen molar-refractivity contribution < 1.29 is 17.9 Å². The molecule has 0 spiro atoms. The first kappa shape index (κ1) is 23.4. The molecule has 1 saturated heterocycles. The number of alkyl halides is 3. The van der Waals surface area contributed by atoms with Crippen molar-refractivity contribution in [3.63, 3.8) is 0 Å². The van der Waals surface area contributed by atoms with Gasteiger partial charge in [0.25, 0.3) is 0 Å². The maximum Gasteiger partial charge on any atom is 0.434 e. The largest absolute Gasteiger partial charge is 0.434 e.